The van der Waals surface area contributed by atoms with Crippen LogP contribution >= 0.6 is 0 Å². The average Bonchev–Trinajstić information content (AvgIpc) is 2.17. The molecule has 16 heavy (non-hydrogen) atoms. The Balaban J connectivity index is 3.49. The maximum absolute atomic E-state index is 8.77. The van der Waals surface area contributed by atoms with Crippen LogP contribution < -0.4 is 0 Å². The Morgan fingerprint density at radius 3 is 2.38 bits per heavy atom. The fraction of sp³-hybridized carbons (Fsp3) is 0.867. The first-order valence-corrected chi connectivity index (χ1v) is 6.82. The highest BCUT2D eigenvalue weighted by Crippen LogP contribution is 2.17. The van der Waals surface area contributed by atoms with E-state index in [-0.39, 0.29) is 6.61 Å². The Bertz CT molecular complexity index is 182. The van der Waals surface area contributed by atoms with Gasteiger partial charge in [-0.3, -0.25) is 0 Å². The van der Waals surface area contributed by atoms with E-state index >= 15 is 0 Å². The van der Waals surface area contributed by atoms with Gasteiger partial charge in [-0.05, 0) is 38.0 Å². The molecule has 0 bridgehead atoms. The third kappa shape index (κ3) is 10.2. The van der Waals surface area contributed by atoms with Crippen molar-refractivity contribution in [3.8, 4) is 0 Å². The second-order valence-corrected chi connectivity index (χ2v) is 5.53. The number of hydrogen-bond acceptors (Lipinski definition) is 1. The van der Waals surface area contributed by atoms with E-state index in [4.69, 9.17) is 5.11 Å². The van der Waals surface area contributed by atoms with Gasteiger partial charge in [0.15, 0.2) is 0 Å². The van der Waals surface area contributed by atoms with Crippen LogP contribution in [-0.4, -0.2) is 11.7 Å². The zero-order chi connectivity index (χ0) is 12.4. The molecule has 1 N–H and O–H groups in total. The zero-order valence-electron chi connectivity index (χ0n) is 11.6. The van der Waals surface area contributed by atoms with E-state index in [0.717, 1.165) is 18.3 Å². The molecule has 0 rings (SSSR count). The quantitative estimate of drug-likeness (QED) is 0.571. The summed E-state index contributed by atoms with van der Waals surface area (Å²) in [5.74, 6) is 1.69. The molecule has 1 nitrogen and oxygen atoms in total. The molecule has 1 heteroatoms. The van der Waals surface area contributed by atoms with E-state index in [1.807, 2.05) is 0 Å². The fourth-order valence-corrected chi connectivity index (χ4v) is 1.91. The molecule has 0 aliphatic heterocycles. The van der Waals surface area contributed by atoms with Gasteiger partial charge in [0.05, 0.1) is 0 Å². The minimum atomic E-state index is 0.284. The number of aliphatic hydroxyl groups is 1. The summed E-state index contributed by atoms with van der Waals surface area (Å²) in [6.45, 7) is 9.35. The van der Waals surface area contributed by atoms with Crippen molar-refractivity contribution in [3.63, 3.8) is 0 Å². The van der Waals surface area contributed by atoms with Crippen molar-refractivity contribution >= 4 is 0 Å². The first kappa shape index (κ1) is 15.7. The molecule has 1 atom stereocenters. The van der Waals surface area contributed by atoms with Crippen molar-refractivity contribution in [1.82, 2.24) is 0 Å². The lowest BCUT2D eigenvalue weighted by atomic mass is 9.95. The molecule has 0 heterocycles. The summed E-state index contributed by atoms with van der Waals surface area (Å²) in [4.78, 5) is 0. The van der Waals surface area contributed by atoms with Crippen LogP contribution in [0.25, 0.3) is 0 Å². The van der Waals surface area contributed by atoms with Gasteiger partial charge in [-0.15, -0.1) is 0 Å². The number of rotatable bonds is 9. The Morgan fingerprint density at radius 2 is 1.81 bits per heavy atom. The molecule has 0 aliphatic rings. The van der Waals surface area contributed by atoms with Crippen molar-refractivity contribution < 1.29 is 5.11 Å². The van der Waals surface area contributed by atoms with Crippen LogP contribution in [0.2, 0.25) is 0 Å². The maximum atomic E-state index is 8.77. The number of allylic oxidation sites excluding steroid dienone is 1. The van der Waals surface area contributed by atoms with Crippen LogP contribution in [0.1, 0.15) is 66.2 Å². The van der Waals surface area contributed by atoms with E-state index in [1.165, 1.54) is 37.7 Å². The van der Waals surface area contributed by atoms with Crippen molar-refractivity contribution in [2.75, 3.05) is 6.61 Å². The Labute approximate surface area is 102 Å². The first-order chi connectivity index (χ1) is 7.56. The molecule has 0 spiro atoms. The lowest BCUT2D eigenvalue weighted by Gasteiger charge is -2.11. The summed E-state index contributed by atoms with van der Waals surface area (Å²) in [6, 6.07) is 0. The van der Waals surface area contributed by atoms with Crippen LogP contribution in [0.4, 0.5) is 0 Å². The SMILES string of the molecule is C/C(=C\CCC(C)CCCC(C)C)CCO. The molecule has 0 aliphatic carbocycles. The van der Waals surface area contributed by atoms with Gasteiger partial charge in [0, 0.05) is 6.61 Å². The van der Waals surface area contributed by atoms with Gasteiger partial charge in [0.2, 0.25) is 0 Å². The van der Waals surface area contributed by atoms with E-state index in [0.29, 0.717) is 0 Å². The Morgan fingerprint density at radius 1 is 1.12 bits per heavy atom. The van der Waals surface area contributed by atoms with Crippen LogP contribution in [0.15, 0.2) is 11.6 Å². The molecule has 0 radical (unpaired) electrons. The lowest BCUT2D eigenvalue weighted by molar-refractivity contribution is 0.299. The third-order valence-corrected chi connectivity index (χ3v) is 3.14. The Kier molecular flexibility index (Phi) is 9.71. The summed E-state index contributed by atoms with van der Waals surface area (Å²) >= 11 is 0. The normalized spacial score (nSPS) is 14.5. The lowest BCUT2D eigenvalue weighted by Crippen LogP contribution is -1.96. The van der Waals surface area contributed by atoms with Crippen LogP contribution in [0, 0.1) is 11.8 Å². The van der Waals surface area contributed by atoms with Gasteiger partial charge in [0.1, 0.15) is 0 Å². The van der Waals surface area contributed by atoms with Crippen molar-refractivity contribution in [3.05, 3.63) is 11.6 Å². The molecule has 0 aromatic carbocycles. The van der Waals surface area contributed by atoms with Gasteiger partial charge in [-0.1, -0.05) is 51.7 Å². The maximum Gasteiger partial charge on any atom is 0.0468 e. The molecular formula is C15H30O. The fourth-order valence-electron chi connectivity index (χ4n) is 1.91. The molecule has 0 saturated carbocycles. The molecule has 96 valence electrons. The minimum absolute atomic E-state index is 0.284. The Hall–Kier alpha value is -0.300. The van der Waals surface area contributed by atoms with Crippen LogP contribution in [-0.2, 0) is 0 Å². The van der Waals surface area contributed by atoms with Crippen molar-refractivity contribution in [1.29, 1.82) is 0 Å². The summed E-state index contributed by atoms with van der Waals surface area (Å²) < 4.78 is 0. The molecule has 0 fully saturated rings. The molecular weight excluding hydrogens is 196 g/mol. The summed E-state index contributed by atoms with van der Waals surface area (Å²) in [5, 5.41) is 8.77. The zero-order valence-corrected chi connectivity index (χ0v) is 11.6. The second-order valence-electron chi connectivity index (χ2n) is 5.53. The molecule has 0 aromatic heterocycles. The topological polar surface area (TPSA) is 20.2 Å². The summed E-state index contributed by atoms with van der Waals surface area (Å²) in [5.41, 5.74) is 1.33. The van der Waals surface area contributed by atoms with E-state index < -0.39 is 0 Å². The summed E-state index contributed by atoms with van der Waals surface area (Å²) in [7, 11) is 0. The monoisotopic (exact) mass is 226 g/mol. The highest BCUT2D eigenvalue weighted by Gasteiger charge is 2.02. The number of aliphatic hydroxyl groups excluding tert-OH is 1. The predicted molar refractivity (Wildman–Crippen MR) is 72.5 cm³/mol. The average molecular weight is 226 g/mol. The van der Waals surface area contributed by atoms with E-state index in [9.17, 15) is 0 Å². The molecule has 0 aromatic rings. The van der Waals surface area contributed by atoms with Gasteiger partial charge in [0.25, 0.3) is 0 Å². The first-order valence-electron chi connectivity index (χ1n) is 6.82. The number of hydrogen-bond donors (Lipinski definition) is 1. The largest absolute Gasteiger partial charge is 0.396 e. The minimum Gasteiger partial charge on any atom is -0.396 e. The van der Waals surface area contributed by atoms with Gasteiger partial charge in [-0.25, -0.2) is 0 Å². The molecule has 1 unspecified atom stereocenters. The van der Waals surface area contributed by atoms with Crippen molar-refractivity contribution in [2.24, 2.45) is 11.8 Å². The van der Waals surface area contributed by atoms with Crippen LogP contribution in [0.5, 0.6) is 0 Å². The predicted octanol–water partition coefficient (Wildman–Crippen LogP) is 4.56. The van der Waals surface area contributed by atoms with Crippen molar-refractivity contribution in [2.45, 2.75) is 66.2 Å². The van der Waals surface area contributed by atoms with E-state index in [1.54, 1.807) is 0 Å². The molecule has 0 amide bonds. The molecule has 0 saturated heterocycles. The van der Waals surface area contributed by atoms with Crippen LogP contribution in [0.3, 0.4) is 0 Å². The highest BCUT2D eigenvalue weighted by atomic mass is 16.2. The van der Waals surface area contributed by atoms with E-state index in [2.05, 4.69) is 33.8 Å². The summed E-state index contributed by atoms with van der Waals surface area (Å²) in [6.07, 6.45) is 9.69. The van der Waals surface area contributed by atoms with Gasteiger partial charge >= 0.3 is 0 Å². The smallest absolute Gasteiger partial charge is 0.0468 e. The second kappa shape index (κ2) is 9.89. The van der Waals surface area contributed by atoms with Gasteiger partial charge in [-0.2, -0.15) is 0 Å². The third-order valence-electron chi connectivity index (χ3n) is 3.14. The highest BCUT2D eigenvalue weighted by molar-refractivity contribution is 4.97. The standard InChI is InChI=1S/C15H30O/c1-13(2)7-5-8-14(3)9-6-10-15(4)11-12-16/h10,13-14,16H,5-9,11-12H2,1-4H3/b15-10+. The van der Waals surface area contributed by atoms with Gasteiger partial charge < -0.3 is 5.11 Å².